The Morgan fingerprint density at radius 3 is 2.59 bits per heavy atom. The second-order valence-electron chi connectivity index (χ2n) is 3.47. The fourth-order valence-corrected chi connectivity index (χ4v) is 2.19. The van der Waals surface area contributed by atoms with Gasteiger partial charge in [0.25, 0.3) is 0 Å². The van der Waals surface area contributed by atoms with Crippen LogP contribution in [0.2, 0.25) is 0 Å². The maximum absolute atomic E-state index is 5.68. The Kier molecular flexibility index (Phi) is 5.75. The average molecular weight is 290 g/mol. The standard InChI is InChI=1S/C12H12ClNOS.ClH/c1-9-2-4-11(5-3-9)15-7-12-14-10(6-13)8-16-12;/h2-5,8H,6-7H2,1H3;1H. The third-order valence-corrected chi connectivity index (χ3v) is 3.26. The summed E-state index contributed by atoms with van der Waals surface area (Å²) in [6.45, 7) is 2.56. The molecule has 1 heterocycles. The zero-order valence-corrected chi connectivity index (χ0v) is 11.7. The van der Waals surface area contributed by atoms with Gasteiger partial charge >= 0.3 is 0 Å². The number of ether oxygens (including phenoxy) is 1. The molecule has 1 aromatic carbocycles. The van der Waals surface area contributed by atoms with Gasteiger partial charge in [0, 0.05) is 5.38 Å². The van der Waals surface area contributed by atoms with Gasteiger partial charge in [0.1, 0.15) is 17.4 Å². The molecule has 0 radical (unpaired) electrons. The van der Waals surface area contributed by atoms with E-state index in [1.165, 1.54) is 5.56 Å². The van der Waals surface area contributed by atoms with E-state index < -0.39 is 0 Å². The molecule has 0 N–H and O–H groups in total. The number of hydrogen-bond donors (Lipinski definition) is 0. The van der Waals surface area contributed by atoms with Crippen LogP contribution in [-0.2, 0) is 12.5 Å². The minimum absolute atomic E-state index is 0. The molecule has 0 saturated heterocycles. The molecule has 5 heteroatoms. The first kappa shape index (κ1) is 14.3. The Morgan fingerprint density at radius 1 is 1.29 bits per heavy atom. The minimum Gasteiger partial charge on any atom is -0.486 e. The first-order valence-electron chi connectivity index (χ1n) is 4.96. The van der Waals surface area contributed by atoms with Crippen molar-refractivity contribution < 1.29 is 4.74 Å². The number of rotatable bonds is 4. The molecule has 1 aromatic heterocycles. The second-order valence-corrected chi connectivity index (χ2v) is 4.68. The fourth-order valence-electron chi connectivity index (χ4n) is 1.26. The van der Waals surface area contributed by atoms with E-state index in [0.29, 0.717) is 12.5 Å². The highest BCUT2D eigenvalue weighted by atomic mass is 35.5. The Balaban J connectivity index is 0.00000144. The molecule has 0 aliphatic heterocycles. The largest absolute Gasteiger partial charge is 0.486 e. The van der Waals surface area contributed by atoms with Gasteiger partial charge in [-0.3, -0.25) is 0 Å². The van der Waals surface area contributed by atoms with Crippen LogP contribution in [0.3, 0.4) is 0 Å². The van der Waals surface area contributed by atoms with E-state index in [9.17, 15) is 0 Å². The van der Waals surface area contributed by atoms with Crippen LogP contribution in [0.4, 0.5) is 0 Å². The molecule has 0 unspecified atom stereocenters. The number of benzene rings is 1. The molecule has 0 aliphatic rings. The molecule has 17 heavy (non-hydrogen) atoms. The van der Waals surface area contributed by atoms with Crippen molar-refractivity contribution in [3.63, 3.8) is 0 Å². The maximum Gasteiger partial charge on any atom is 0.140 e. The molecular weight excluding hydrogens is 277 g/mol. The van der Waals surface area contributed by atoms with Crippen molar-refractivity contribution in [2.45, 2.75) is 19.4 Å². The Hall–Kier alpha value is -0.770. The van der Waals surface area contributed by atoms with Crippen LogP contribution >= 0.6 is 35.3 Å². The van der Waals surface area contributed by atoms with Gasteiger partial charge in [-0.2, -0.15) is 0 Å². The summed E-state index contributed by atoms with van der Waals surface area (Å²) >= 11 is 7.25. The third kappa shape index (κ3) is 4.19. The van der Waals surface area contributed by atoms with Crippen LogP contribution < -0.4 is 4.74 Å². The van der Waals surface area contributed by atoms with Crippen LogP contribution in [0.25, 0.3) is 0 Å². The van der Waals surface area contributed by atoms with Crippen molar-refractivity contribution in [3.05, 3.63) is 45.9 Å². The Labute approximate surface area is 116 Å². The van der Waals surface area contributed by atoms with Gasteiger partial charge in [-0.25, -0.2) is 4.98 Å². The smallest absolute Gasteiger partial charge is 0.140 e. The predicted molar refractivity (Wildman–Crippen MR) is 74.4 cm³/mol. The number of alkyl halides is 1. The first-order chi connectivity index (χ1) is 7.78. The number of aromatic nitrogens is 1. The summed E-state index contributed by atoms with van der Waals surface area (Å²) in [6.07, 6.45) is 0. The Morgan fingerprint density at radius 2 is 2.00 bits per heavy atom. The maximum atomic E-state index is 5.68. The number of halogens is 2. The Bertz CT molecular complexity index is 456. The van der Waals surface area contributed by atoms with Gasteiger partial charge in [-0.15, -0.1) is 35.3 Å². The first-order valence-corrected chi connectivity index (χ1v) is 6.38. The molecular formula is C12H13Cl2NOS. The van der Waals surface area contributed by atoms with E-state index in [1.54, 1.807) is 11.3 Å². The monoisotopic (exact) mass is 289 g/mol. The summed E-state index contributed by atoms with van der Waals surface area (Å²) in [5.74, 6) is 1.33. The highest BCUT2D eigenvalue weighted by molar-refractivity contribution is 7.09. The van der Waals surface area contributed by atoms with Crippen molar-refractivity contribution in [2.75, 3.05) is 0 Å². The molecule has 0 aliphatic carbocycles. The van der Waals surface area contributed by atoms with Crippen molar-refractivity contribution in [3.8, 4) is 5.75 Å². The zero-order valence-electron chi connectivity index (χ0n) is 9.35. The average Bonchev–Trinajstić information content (AvgIpc) is 2.76. The van der Waals surface area contributed by atoms with Crippen LogP contribution in [0.5, 0.6) is 5.75 Å². The fraction of sp³-hybridized carbons (Fsp3) is 0.250. The predicted octanol–water partition coefficient (Wildman–Crippen LogP) is 4.19. The van der Waals surface area contributed by atoms with Crippen molar-refractivity contribution in [2.24, 2.45) is 0 Å². The number of nitrogens with zero attached hydrogens (tertiary/aromatic N) is 1. The van der Waals surface area contributed by atoms with E-state index in [-0.39, 0.29) is 12.4 Å². The van der Waals surface area contributed by atoms with E-state index in [1.807, 2.05) is 29.6 Å². The molecule has 0 spiro atoms. The molecule has 92 valence electrons. The van der Waals surface area contributed by atoms with Crippen LogP contribution in [-0.4, -0.2) is 4.98 Å². The lowest BCUT2D eigenvalue weighted by molar-refractivity contribution is 0.305. The molecule has 0 atom stereocenters. The van der Waals surface area contributed by atoms with E-state index in [2.05, 4.69) is 11.9 Å². The summed E-state index contributed by atoms with van der Waals surface area (Å²) in [6, 6.07) is 7.99. The van der Waals surface area contributed by atoms with Crippen LogP contribution in [0.1, 0.15) is 16.3 Å². The molecule has 0 amide bonds. The molecule has 0 saturated carbocycles. The van der Waals surface area contributed by atoms with E-state index >= 15 is 0 Å². The number of aryl methyl sites for hydroxylation is 1. The highest BCUT2D eigenvalue weighted by Gasteiger charge is 2.01. The summed E-state index contributed by atoms with van der Waals surface area (Å²) in [5, 5.41) is 2.91. The summed E-state index contributed by atoms with van der Waals surface area (Å²) in [5.41, 5.74) is 2.14. The van der Waals surface area contributed by atoms with Gasteiger partial charge in [0.05, 0.1) is 11.6 Å². The zero-order chi connectivity index (χ0) is 11.4. The van der Waals surface area contributed by atoms with Gasteiger partial charge in [0.15, 0.2) is 0 Å². The molecule has 2 aromatic rings. The summed E-state index contributed by atoms with van der Waals surface area (Å²) in [4.78, 5) is 4.32. The second kappa shape index (κ2) is 6.84. The SMILES string of the molecule is Cc1ccc(OCc2nc(CCl)cs2)cc1.Cl. The molecule has 0 fully saturated rings. The highest BCUT2D eigenvalue weighted by Crippen LogP contribution is 2.16. The lowest BCUT2D eigenvalue weighted by atomic mass is 10.2. The van der Waals surface area contributed by atoms with Gasteiger partial charge in [-0.05, 0) is 19.1 Å². The minimum atomic E-state index is 0. The topological polar surface area (TPSA) is 22.1 Å². The van der Waals surface area contributed by atoms with Gasteiger partial charge in [-0.1, -0.05) is 17.7 Å². The quantitative estimate of drug-likeness (QED) is 0.788. The number of thiazole rings is 1. The summed E-state index contributed by atoms with van der Waals surface area (Å²) < 4.78 is 5.61. The summed E-state index contributed by atoms with van der Waals surface area (Å²) in [7, 11) is 0. The van der Waals surface area contributed by atoms with Crippen molar-refractivity contribution >= 4 is 35.3 Å². The van der Waals surface area contributed by atoms with E-state index in [4.69, 9.17) is 16.3 Å². The van der Waals surface area contributed by atoms with Crippen molar-refractivity contribution in [1.29, 1.82) is 0 Å². The van der Waals surface area contributed by atoms with Crippen LogP contribution in [0, 0.1) is 6.92 Å². The van der Waals surface area contributed by atoms with E-state index in [0.717, 1.165) is 16.5 Å². The van der Waals surface area contributed by atoms with Crippen LogP contribution in [0.15, 0.2) is 29.6 Å². The normalized spacial score (nSPS) is 9.76. The molecule has 0 bridgehead atoms. The van der Waals surface area contributed by atoms with Crippen molar-refractivity contribution in [1.82, 2.24) is 4.98 Å². The lowest BCUT2D eigenvalue weighted by Crippen LogP contribution is -1.95. The molecule has 2 nitrogen and oxygen atoms in total. The number of hydrogen-bond acceptors (Lipinski definition) is 3. The van der Waals surface area contributed by atoms with Gasteiger partial charge in [0.2, 0.25) is 0 Å². The molecule has 2 rings (SSSR count). The van der Waals surface area contributed by atoms with Gasteiger partial charge < -0.3 is 4.74 Å². The lowest BCUT2D eigenvalue weighted by Gasteiger charge is -2.03. The third-order valence-electron chi connectivity index (χ3n) is 2.12.